The van der Waals surface area contributed by atoms with Crippen molar-refractivity contribution < 1.29 is 0 Å². The monoisotopic (exact) mass is 498 g/mol. The van der Waals surface area contributed by atoms with Gasteiger partial charge in [-0.25, -0.2) is 0 Å². The molecule has 0 aliphatic rings. The molecule has 30 heavy (non-hydrogen) atoms. The van der Waals surface area contributed by atoms with E-state index < -0.39 is 18.4 Å². The van der Waals surface area contributed by atoms with Gasteiger partial charge in [0.05, 0.1) is 0 Å². The van der Waals surface area contributed by atoms with E-state index in [9.17, 15) is 0 Å². The maximum atomic E-state index is 2.51. The minimum atomic E-state index is -2.85. The predicted octanol–water partition coefficient (Wildman–Crippen LogP) is 7.12. The Morgan fingerprint density at radius 2 is 0.767 bits per heavy atom. The molecule has 1 heteroatoms. The minimum absolute atomic E-state index is 0.626. The van der Waals surface area contributed by atoms with E-state index in [0.29, 0.717) is 3.93 Å². The molecule has 0 saturated carbocycles. The Morgan fingerprint density at radius 3 is 1.10 bits per heavy atom. The Bertz CT molecular complexity index is 910. The average Bonchev–Trinajstić information content (AvgIpc) is 2.81. The molecule has 0 spiro atoms. The van der Waals surface area contributed by atoms with Crippen LogP contribution in [0.5, 0.6) is 0 Å². The normalized spacial score (nSPS) is 12.4. The van der Waals surface area contributed by atoms with Crippen molar-refractivity contribution in [2.75, 3.05) is 0 Å². The van der Waals surface area contributed by atoms with Gasteiger partial charge in [0.25, 0.3) is 0 Å². The summed E-state index contributed by atoms with van der Waals surface area (Å²) in [5.41, 5.74) is 6.02. The van der Waals surface area contributed by atoms with Crippen molar-refractivity contribution in [3.8, 4) is 0 Å². The van der Waals surface area contributed by atoms with Crippen LogP contribution in [0.3, 0.4) is 0 Å². The Hall–Kier alpha value is -2.32. The molecule has 4 aromatic carbocycles. The summed E-state index contributed by atoms with van der Waals surface area (Å²) in [6.07, 6.45) is 0. The molecule has 0 heterocycles. The molecule has 1 unspecified atom stereocenters. The SMILES string of the molecule is C[CH](c1ccccc1)[Sn]([CH2]c1ccccc1)([CH2]c1ccccc1)[CH2]c1ccccc1. The van der Waals surface area contributed by atoms with Crippen LogP contribution in [0.15, 0.2) is 121 Å². The number of hydrogen-bond acceptors (Lipinski definition) is 0. The summed E-state index contributed by atoms with van der Waals surface area (Å²) in [6.45, 7) is 2.51. The summed E-state index contributed by atoms with van der Waals surface area (Å²) < 4.78 is 4.40. The molecule has 150 valence electrons. The summed E-state index contributed by atoms with van der Waals surface area (Å²) in [5.74, 6) is 0. The molecule has 0 fully saturated rings. The van der Waals surface area contributed by atoms with Gasteiger partial charge in [-0.1, -0.05) is 0 Å². The first kappa shape index (κ1) is 20.9. The van der Waals surface area contributed by atoms with Crippen LogP contribution in [0, 0.1) is 0 Å². The van der Waals surface area contributed by atoms with Gasteiger partial charge in [0.15, 0.2) is 0 Å². The molecule has 0 radical (unpaired) electrons. The van der Waals surface area contributed by atoms with Gasteiger partial charge in [0.1, 0.15) is 0 Å². The number of benzene rings is 4. The molecule has 0 amide bonds. The van der Waals surface area contributed by atoms with Gasteiger partial charge in [-0.2, -0.15) is 0 Å². The summed E-state index contributed by atoms with van der Waals surface area (Å²) in [4.78, 5) is 0. The second-order valence-corrected chi connectivity index (χ2v) is 21.8. The fourth-order valence-electron chi connectivity index (χ4n) is 4.75. The van der Waals surface area contributed by atoms with Crippen molar-refractivity contribution in [3.63, 3.8) is 0 Å². The zero-order valence-corrected chi connectivity index (χ0v) is 20.6. The predicted molar refractivity (Wildman–Crippen MR) is 131 cm³/mol. The molecule has 0 nitrogen and oxygen atoms in total. The Balaban J connectivity index is 1.81. The molecule has 0 N–H and O–H groups in total. The van der Waals surface area contributed by atoms with E-state index in [-0.39, 0.29) is 0 Å². The van der Waals surface area contributed by atoms with Crippen LogP contribution in [0.25, 0.3) is 0 Å². The van der Waals surface area contributed by atoms with E-state index in [1.54, 1.807) is 0 Å². The van der Waals surface area contributed by atoms with Crippen LogP contribution in [0.2, 0.25) is 0 Å². The van der Waals surface area contributed by atoms with Crippen LogP contribution in [0.4, 0.5) is 0 Å². The summed E-state index contributed by atoms with van der Waals surface area (Å²) in [7, 11) is 0. The van der Waals surface area contributed by atoms with E-state index in [1.165, 1.54) is 35.6 Å². The van der Waals surface area contributed by atoms with Gasteiger partial charge >= 0.3 is 186 Å². The number of hydrogen-bond donors (Lipinski definition) is 0. The first-order chi connectivity index (χ1) is 14.8. The van der Waals surface area contributed by atoms with Crippen molar-refractivity contribution in [2.45, 2.75) is 24.2 Å². The van der Waals surface area contributed by atoms with E-state index >= 15 is 0 Å². The quantitative estimate of drug-likeness (QED) is 0.228. The molecular formula is C29H30Sn. The zero-order valence-electron chi connectivity index (χ0n) is 17.7. The molecule has 1 atom stereocenters. The molecule has 0 saturated heterocycles. The third kappa shape index (κ3) is 5.23. The third-order valence-electron chi connectivity index (χ3n) is 6.42. The van der Waals surface area contributed by atoms with Crippen molar-refractivity contribution in [2.24, 2.45) is 0 Å². The van der Waals surface area contributed by atoms with Gasteiger partial charge in [0, 0.05) is 0 Å². The summed E-state index contributed by atoms with van der Waals surface area (Å²) in [6, 6.07) is 44.8. The molecule has 0 aliphatic carbocycles. The van der Waals surface area contributed by atoms with E-state index in [2.05, 4.69) is 128 Å². The summed E-state index contributed by atoms with van der Waals surface area (Å²) in [5, 5.41) is 0. The average molecular weight is 497 g/mol. The van der Waals surface area contributed by atoms with E-state index in [1.807, 2.05) is 0 Å². The van der Waals surface area contributed by atoms with Crippen LogP contribution < -0.4 is 0 Å². The fourth-order valence-corrected chi connectivity index (χ4v) is 20.0. The molecule has 0 aromatic heterocycles. The standard InChI is InChI=1S/C8H9.3C7H7.Sn/c1-2-8-6-4-3-5-7-8;3*1-7-5-3-2-4-6-7;/h2-7H,1H3;3*2-6H,1H2;. The first-order valence-electron chi connectivity index (χ1n) is 10.9. The maximum absolute atomic E-state index is 2.85. The fraction of sp³-hybridized carbons (Fsp3) is 0.172. The van der Waals surface area contributed by atoms with Crippen molar-refractivity contribution in [1.29, 1.82) is 0 Å². The van der Waals surface area contributed by atoms with Crippen LogP contribution in [0.1, 0.15) is 33.1 Å². The van der Waals surface area contributed by atoms with Crippen molar-refractivity contribution >= 4 is 18.4 Å². The Morgan fingerprint density at radius 1 is 0.467 bits per heavy atom. The van der Waals surface area contributed by atoms with Crippen molar-refractivity contribution in [1.82, 2.24) is 0 Å². The van der Waals surface area contributed by atoms with Gasteiger partial charge < -0.3 is 0 Å². The Kier molecular flexibility index (Phi) is 7.07. The molecule has 4 aromatic rings. The number of rotatable bonds is 8. The van der Waals surface area contributed by atoms with Crippen molar-refractivity contribution in [3.05, 3.63) is 144 Å². The van der Waals surface area contributed by atoms with Crippen LogP contribution >= 0.6 is 0 Å². The van der Waals surface area contributed by atoms with Gasteiger partial charge in [0.2, 0.25) is 0 Å². The van der Waals surface area contributed by atoms with Gasteiger partial charge in [-0.05, 0) is 0 Å². The van der Waals surface area contributed by atoms with Crippen LogP contribution in [-0.2, 0) is 13.3 Å². The van der Waals surface area contributed by atoms with E-state index in [0.717, 1.165) is 0 Å². The van der Waals surface area contributed by atoms with Gasteiger partial charge in [-0.15, -0.1) is 0 Å². The Labute approximate surface area is 185 Å². The molecule has 4 rings (SSSR count). The second-order valence-electron chi connectivity index (χ2n) is 8.48. The second kappa shape index (κ2) is 10.1. The molecular weight excluding hydrogens is 467 g/mol. The zero-order chi connectivity index (χ0) is 20.7. The van der Waals surface area contributed by atoms with E-state index in [4.69, 9.17) is 0 Å². The first-order valence-corrected chi connectivity index (χ1v) is 18.6. The third-order valence-corrected chi connectivity index (χ3v) is 22.1. The van der Waals surface area contributed by atoms with Crippen LogP contribution in [-0.4, -0.2) is 18.4 Å². The molecule has 0 bridgehead atoms. The topological polar surface area (TPSA) is 0 Å². The summed E-state index contributed by atoms with van der Waals surface area (Å²) >= 11 is -2.85. The van der Waals surface area contributed by atoms with Gasteiger partial charge in [-0.3, -0.25) is 0 Å². The molecule has 0 aliphatic heterocycles.